The molecule has 0 N–H and O–H groups in total. The van der Waals surface area contributed by atoms with Crippen molar-refractivity contribution in [2.24, 2.45) is 0 Å². The minimum absolute atomic E-state index is 0. The first-order valence-corrected chi connectivity index (χ1v) is 2.12. The van der Waals surface area contributed by atoms with Crippen molar-refractivity contribution in [3.05, 3.63) is 13.3 Å². The van der Waals surface area contributed by atoms with Crippen LogP contribution in [0.4, 0.5) is 0 Å². The van der Waals surface area contributed by atoms with E-state index in [4.69, 9.17) is 2.56 Å². The Kier molecular flexibility index (Phi) is 57.7. The van der Waals surface area contributed by atoms with Crippen molar-refractivity contribution < 1.29 is 25.8 Å². The van der Waals surface area contributed by atoms with Crippen LogP contribution in [0.2, 0.25) is 0 Å². The standard InChI is InChI=1S/2CH4P.Sc/c2*1-2;/h2*1-2H2;/q2*-1;/i2*2D;. The van der Waals surface area contributed by atoms with Gasteiger partial charge in [0.15, 0.2) is 0 Å². The van der Waals surface area contributed by atoms with Gasteiger partial charge in [-0.15, -0.1) is 0 Å². The minimum atomic E-state index is 0. The molecule has 1 radical (unpaired) electrons. The first kappa shape index (κ1) is 6.73. The summed E-state index contributed by atoms with van der Waals surface area (Å²) in [6.45, 7) is 6.36. The van der Waals surface area contributed by atoms with Crippen molar-refractivity contribution >= 4 is 18.4 Å². The van der Waals surface area contributed by atoms with Gasteiger partial charge < -0.3 is 31.7 Å². The molecule has 3 heteroatoms. The summed E-state index contributed by atoms with van der Waals surface area (Å²) in [5.74, 6) is 0. The molecule has 2 unspecified atom stereocenters. The van der Waals surface area contributed by atoms with E-state index in [1.807, 2.05) is 0 Å². The fraction of sp³-hybridized carbons (Fsp3) is 0. The third kappa shape index (κ3) is 26.6. The second kappa shape index (κ2) is 42.8. The van der Waals surface area contributed by atoms with Gasteiger partial charge in [-0.05, 0) is 0 Å². The van der Waals surface area contributed by atoms with E-state index < -0.39 is 0 Å². The molecule has 0 fully saturated rings. The van der Waals surface area contributed by atoms with Gasteiger partial charge in [-0.25, -0.2) is 0 Å². The van der Waals surface area contributed by atoms with E-state index in [0.29, 0.717) is 0 Å². The molecule has 0 aliphatic heterocycles. The molecule has 0 aliphatic carbocycles. The zero-order chi connectivity index (χ0) is 5.41. The Bertz CT molecular complexity index is 15.7. The Morgan fingerprint density at radius 1 is 1.40 bits per heavy atom. The largest absolute Gasteiger partial charge is 0.323 e. The van der Waals surface area contributed by atoms with Gasteiger partial charge >= 0.3 is 0 Å². The predicted octanol–water partition coefficient (Wildman–Crippen LogP) is 1.30. The van der Waals surface area contributed by atoms with Crippen LogP contribution < -0.4 is 0 Å². The Labute approximate surface area is 60.2 Å². The smallest absolute Gasteiger partial charge is 0.0185 e. The van der Waals surface area contributed by atoms with Crippen LogP contribution in [0.25, 0.3) is 0 Å². The van der Waals surface area contributed by atoms with Crippen LogP contribution in [0.15, 0.2) is 0 Å². The maximum atomic E-state index is 6.12. The molecule has 0 nitrogen and oxygen atoms in total. The van der Waals surface area contributed by atoms with E-state index in [0.717, 1.165) is 0 Å². The molecule has 0 saturated carbocycles. The Hall–Kier alpha value is 1.73. The predicted molar refractivity (Wildman–Crippen MR) is 30.1 cm³/mol. The van der Waals surface area contributed by atoms with E-state index in [1.54, 1.807) is 0 Å². The molecule has 0 spiro atoms. The molecule has 0 aromatic carbocycles. The molecule has 0 rings (SSSR count). The third-order valence-electron chi connectivity index (χ3n) is 0. The van der Waals surface area contributed by atoms with E-state index in [1.165, 1.54) is 0 Å². The van der Waals surface area contributed by atoms with Crippen molar-refractivity contribution in [1.82, 2.24) is 0 Å². The van der Waals surface area contributed by atoms with E-state index in [-0.39, 0.29) is 44.2 Å². The minimum Gasteiger partial charge on any atom is -0.323 e. The van der Waals surface area contributed by atoms with Crippen LogP contribution in [0.5, 0.6) is 0 Å². The van der Waals surface area contributed by atoms with Crippen LogP contribution in [-0.4, -0.2) is 2.56 Å². The van der Waals surface area contributed by atoms with Gasteiger partial charge in [0.25, 0.3) is 0 Å². The van der Waals surface area contributed by atoms with Gasteiger partial charge in [0.2, 0.25) is 0 Å². The molecule has 0 amide bonds. The summed E-state index contributed by atoms with van der Waals surface area (Å²) < 4.78 is 12.2. The average molecular weight is 141 g/mol. The SMILES string of the molecule is [2H]P[CH2-].[2H]P[CH2-].[Sc]. The molecule has 31 valence electrons. The van der Waals surface area contributed by atoms with Crippen molar-refractivity contribution in [1.29, 1.82) is 2.56 Å². The van der Waals surface area contributed by atoms with Crippen molar-refractivity contribution in [2.75, 3.05) is 0 Å². The van der Waals surface area contributed by atoms with Crippen LogP contribution >= 0.6 is 18.4 Å². The average Bonchev–Trinajstić information content (AvgIpc) is 1.39. The van der Waals surface area contributed by atoms with E-state index in [9.17, 15) is 0 Å². The molecule has 0 heterocycles. The second-order valence-corrected chi connectivity index (χ2v) is 0. The second-order valence-electron chi connectivity index (χ2n) is 0. The molecule has 0 aliphatic rings. The van der Waals surface area contributed by atoms with Gasteiger partial charge in [0, 0.05) is 28.4 Å². The zero-order valence-electron chi connectivity index (χ0n) is 4.99. The first-order valence-electron chi connectivity index (χ1n) is 1.71. The quantitative estimate of drug-likeness (QED) is 0.352. The third-order valence-corrected chi connectivity index (χ3v) is 0. The molecule has 0 aromatic rings. The Morgan fingerprint density at radius 2 is 1.40 bits per heavy atom. The summed E-state index contributed by atoms with van der Waals surface area (Å²) in [6.07, 6.45) is 0. The normalized spacial score (nSPS) is 12.4. The summed E-state index contributed by atoms with van der Waals surface area (Å²) in [6, 6.07) is 0. The molecule has 0 saturated heterocycles. The monoisotopic (exact) mass is 141 g/mol. The van der Waals surface area contributed by atoms with Gasteiger partial charge in [0.05, 0.1) is 0 Å². The van der Waals surface area contributed by atoms with Gasteiger partial charge in [0.1, 0.15) is 0 Å². The molecule has 2 atom stereocenters. The van der Waals surface area contributed by atoms with E-state index in [2.05, 4.69) is 13.3 Å². The Morgan fingerprint density at radius 3 is 1.40 bits per heavy atom. The number of rotatable bonds is 0. The zero-order valence-corrected chi connectivity index (χ0v) is 6.79. The molecule has 5 heavy (non-hydrogen) atoms. The van der Waals surface area contributed by atoms with Crippen LogP contribution in [-0.2, 0) is 25.8 Å². The van der Waals surface area contributed by atoms with Crippen LogP contribution in [0, 0.1) is 13.3 Å². The maximum Gasteiger partial charge on any atom is 0.0185 e. The van der Waals surface area contributed by atoms with Crippen LogP contribution in [0.3, 0.4) is 0 Å². The summed E-state index contributed by atoms with van der Waals surface area (Å²) in [5, 5.41) is 0. The first-order chi connectivity index (χ1) is 2.83. The maximum absolute atomic E-state index is 6.12. The summed E-state index contributed by atoms with van der Waals surface area (Å²) in [4.78, 5) is 0. The topological polar surface area (TPSA) is 0 Å². The van der Waals surface area contributed by atoms with Crippen LogP contribution in [0.1, 0.15) is 0 Å². The number of hydrogen-bond acceptors (Lipinski definition) is 0. The fourth-order valence-electron chi connectivity index (χ4n) is 0. The molecular formula is C2H8P2Sc-2. The van der Waals surface area contributed by atoms with Gasteiger partial charge in [-0.1, -0.05) is 0 Å². The van der Waals surface area contributed by atoms with Gasteiger partial charge in [-0.2, -0.15) is 0 Å². The van der Waals surface area contributed by atoms with Crippen molar-refractivity contribution in [3.8, 4) is 0 Å². The van der Waals surface area contributed by atoms with Crippen molar-refractivity contribution in [2.45, 2.75) is 0 Å². The molecule has 0 aromatic heterocycles. The summed E-state index contributed by atoms with van der Waals surface area (Å²) >= 11 is 0. The van der Waals surface area contributed by atoms with E-state index >= 15 is 0 Å². The molecule has 0 bridgehead atoms. The van der Waals surface area contributed by atoms with Gasteiger partial charge in [-0.3, -0.25) is 0 Å². The fourth-order valence-corrected chi connectivity index (χ4v) is 0. The summed E-state index contributed by atoms with van der Waals surface area (Å²) in [7, 11) is 0.167. The Balaban J connectivity index is -0.0000000400. The molecular weight excluding hydrogens is 131 g/mol. The number of hydrogen-bond donors (Lipinski definition) is 0. The van der Waals surface area contributed by atoms with Crippen molar-refractivity contribution in [3.63, 3.8) is 0 Å². The summed E-state index contributed by atoms with van der Waals surface area (Å²) in [5.41, 5.74) is 0.